The summed E-state index contributed by atoms with van der Waals surface area (Å²) in [5.74, 6) is 0.885. The highest BCUT2D eigenvalue weighted by atomic mass is 16.5. The van der Waals surface area contributed by atoms with E-state index in [4.69, 9.17) is 4.74 Å². The van der Waals surface area contributed by atoms with Crippen molar-refractivity contribution in [3.05, 3.63) is 18.6 Å². The maximum Gasteiger partial charge on any atom is 0.156 e. The Hall–Kier alpha value is -1.70. The van der Waals surface area contributed by atoms with Gasteiger partial charge in [0.1, 0.15) is 17.9 Å². The monoisotopic (exact) mass is 304 g/mol. The first-order valence-corrected chi connectivity index (χ1v) is 7.73. The average Bonchev–Trinajstić information content (AvgIpc) is 3.02. The largest absolute Gasteiger partial charge is 0.390 e. The third kappa shape index (κ3) is 2.08. The number of aromatic amines is 1. The fourth-order valence-corrected chi connectivity index (χ4v) is 3.61. The molecule has 0 aliphatic carbocycles. The summed E-state index contributed by atoms with van der Waals surface area (Å²) in [6.45, 7) is 1.97. The number of aliphatic hydroxyl groups is 2. The summed E-state index contributed by atoms with van der Waals surface area (Å²) in [6, 6.07) is 1.93. The number of nitrogens with one attached hydrogen (secondary N) is 1. The minimum atomic E-state index is -0.806. The third-order valence-electron chi connectivity index (χ3n) is 4.94. The van der Waals surface area contributed by atoms with E-state index in [1.165, 1.54) is 0 Å². The number of fused-ring (bicyclic) bond motifs is 1. The van der Waals surface area contributed by atoms with Gasteiger partial charge in [-0.3, -0.25) is 0 Å². The predicted molar refractivity (Wildman–Crippen MR) is 80.6 cm³/mol. The molecule has 0 aromatic carbocycles. The summed E-state index contributed by atoms with van der Waals surface area (Å²) in [6.07, 6.45) is 3.80. The van der Waals surface area contributed by atoms with E-state index in [2.05, 4.69) is 19.9 Å². The molecule has 4 heterocycles. The lowest BCUT2D eigenvalue weighted by Crippen LogP contribution is -2.60. The molecule has 3 N–H and O–H groups in total. The Morgan fingerprint density at radius 2 is 2.09 bits per heavy atom. The standard InChI is InChI=1S/C15H20N4O3/c20-11-2-8-22-15(13(11)21)3-6-19(7-4-15)14-12-10(1-5-16-12)17-9-18-14/h1,5,9,11,13,16,20-21H,2-4,6-8H2/t11-,13-/m0/s1. The summed E-state index contributed by atoms with van der Waals surface area (Å²) >= 11 is 0. The lowest BCUT2D eigenvalue weighted by Gasteiger charge is -2.48. The topological polar surface area (TPSA) is 94.5 Å². The maximum atomic E-state index is 10.3. The van der Waals surface area contributed by atoms with Gasteiger partial charge < -0.3 is 24.8 Å². The highest BCUT2D eigenvalue weighted by molar-refractivity contribution is 5.85. The molecule has 0 saturated carbocycles. The van der Waals surface area contributed by atoms with Crippen LogP contribution in [0, 0.1) is 0 Å². The second-order valence-corrected chi connectivity index (χ2v) is 6.14. The van der Waals surface area contributed by atoms with E-state index < -0.39 is 17.8 Å². The molecule has 7 heteroatoms. The van der Waals surface area contributed by atoms with Crippen LogP contribution in [0.15, 0.2) is 18.6 Å². The van der Waals surface area contributed by atoms with Crippen LogP contribution in [0.2, 0.25) is 0 Å². The van der Waals surface area contributed by atoms with E-state index >= 15 is 0 Å². The number of anilines is 1. The summed E-state index contributed by atoms with van der Waals surface area (Å²) in [5.41, 5.74) is 1.22. The molecule has 2 aromatic rings. The summed E-state index contributed by atoms with van der Waals surface area (Å²) in [5, 5.41) is 20.2. The van der Waals surface area contributed by atoms with Crippen molar-refractivity contribution >= 4 is 16.9 Å². The zero-order chi connectivity index (χ0) is 15.2. The summed E-state index contributed by atoms with van der Waals surface area (Å²) in [4.78, 5) is 14.0. The second kappa shape index (κ2) is 5.19. The van der Waals surface area contributed by atoms with Gasteiger partial charge in [-0.2, -0.15) is 0 Å². The van der Waals surface area contributed by atoms with Gasteiger partial charge in [-0.25, -0.2) is 9.97 Å². The number of nitrogens with zero attached hydrogens (tertiary/aromatic N) is 3. The molecule has 22 heavy (non-hydrogen) atoms. The maximum absolute atomic E-state index is 10.3. The van der Waals surface area contributed by atoms with Crippen molar-refractivity contribution in [2.45, 2.75) is 37.1 Å². The normalized spacial score (nSPS) is 28.4. The molecule has 2 aromatic heterocycles. The SMILES string of the molecule is O[C@H]1CCOC2(CCN(c3ncnc4cc[nH]c34)CC2)[C@H]1O. The Morgan fingerprint density at radius 3 is 2.91 bits per heavy atom. The minimum absolute atomic E-state index is 0.502. The number of hydrogen-bond acceptors (Lipinski definition) is 6. The fourth-order valence-electron chi connectivity index (χ4n) is 3.61. The van der Waals surface area contributed by atoms with Gasteiger partial charge in [0, 0.05) is 19.3 Å². The fraction of sp³-hybridized carbons (Fsp3) is 0.600. The lowest BCUT2D eigenvalue weighted by molar-refractivity contribution is -0.205. The number of H-pyrrole nitrogens is 1. The number of aromatic nitrogens is 3. The van der Waals surface area contributed by atoms with E-state index in [1.54, 1.807) is 6.33 Å². The zero-order valence-electron chi connectivity index (χ0n) is 12.3. The molecule has 0 radical (unpaired) electrons. The van der Waals surface area contributed by atoms with Gasteiger partial charge in [-0.05, 0) is 25.3 Å². The van der Waals surface area contributed by atoms with Gasteiger partial charge in [-0.1, -0.05) is 0 Å². The zero-order valence-corrected chi connectivity index (χ0v) is 12.3. The van der Waals surface area contributed by atoms with E-state index in [-0.39, 0.29) is 0 Å². The first-order valence-electron chi connectivity index (χ1n) is 7.73. The van der Waals surface area contributed by atoms with Gasteiger partial charge in [0.2, 0.25) is 0 Å². The first kappa shape index (κ1) is 13.9. The van der Waals surface area contributed by atoms with Crippen LogP contribution in [-0.2, 0) is 4.74 Å². The molecule has 2 saturated heterocycles. The molecule has 2 atom stereocenters. The van der Waals surface area contributed by atoms with Crippen molar-refractivity contribution in [2.24, 2.45) is 0 Å². The van der Waals surface area contributed by atoms with Crippen molar-refractivity contribution in [1.82, 2.24) is 15.0 Å². The van der Waals surface area contributed by atoms with E-state index in [1.807, 2.05) is 12.3 Å². The van der Waals surface area contributed by atoms with Gasteiger partial charge in [0.25, 0.3) is 0 Å². The average molecular weight is 304 g/mol. The highest BCUT2D eigenvalue weighted by Crippen LogP contribution is 2.37. The molecule has 0 unspecified atom stereocenters. The van der Waals surface area contributed by atoms with Gasteiger partial charge in [0.15, 0.2) is 5.82 Å². The van der Waals surface area contributed by atoms with E-state index in [0.29, 0.717) is 25.9 Å². The van der Waals surface area contributed by atoms with Crippen molar-refractivity contribution < 1.29 is 14.9 Å². The van der Waals surface area contributed by atoms with Crippen molar-refractivity contribution in [3.63, 3.8) is 0 Å². The lowest BCUT2D eigenvalue weighted by atomic mass is 9.80. The van der Waals surface area contributed by atoms with Crippen LogP contribution in [0.1, 0.15) is 19.3 Å². The quantitative estimate of drug-likeness (QED) is 0.708. The minimum Gasteiger partial charge on any atom is -0.390 e. The number of ether oxygens (including phenoxy) is 1. The van der Waals surface area contributed by atoms with E-state index in [9.17, 15) is 10.2 Å². The Bertz CT molecular complexity index is 666. The molecule has 2 fully saturated rings. The number of piperidine rings is 1. The number of hydrogen-bond donors (Lipinski definition) is 3. The Morgan fingerprint density at radius 1 is 1.27 bits per heavy atom. The molecule has 2 aliphatic heterocycles. The molecule has 2 aliphatic rings. The summed E-state index contributed by atoms with van der Waals surface area (Å²) in [7, 11) is 0. The smallest absolute Gasteiger partial charge is 0.156 e. The number of rotatable bonds is 1. The molecule has 4 rings (SSSR count). The molecule has 7 nitrogen and oxygen atoms in total. The molecular formula is C15H20N4O3. The van der Waals surface area contributed by atoms with Crippen LogP contribution >= 0.6 is 0 Å². The Balaban J connectivity index is 1.56. The highest BCUT2D eigenvalue weighted by Gasteiger charge is 2.47. The van der Waals surface area contributed by atoms with Crippen molar-refractivity contribution in [3.8, 4) is 0 Å². The van der Waals surface area contributed by atoms with Gasteiger partial charge in [-0.15, -0.1) is 0 Å². The van der Waals surface area contributed by atoms with Crippen LogP contribution < -0.4 is 4.90 Å². The summed E-state index contributed by atoms with van der Waals surface area (Å²) < 4.78 is 5.87. The predicted octanol–water partition coefficient (Wildman–Crippen LogP) is 0.439. The second-order valence-electron chi connectivity index (χ2n) is 6.14. The van der Waals surface area contributed by atoms with Gasteiger partial charge in [0.05, 0.1) is 23.8 Å². The van der Waals surface area contributed by atoms with Crippen LogP contribution in [0.4, 0.5) is 5.82 Å². The van der Waals surface area contributed by atoms with Gasteiger partial charge >= 0.3 is 0 Å². The van der Waals surface area contributed by atoms with E-state index in [0.717, 1.165) is 29.9 Å². The van der Waals surface area contributed by atoms with Crippen LogP contribution in [-0.4, -0.2) is 62.7 Å². The van der Waals surface area contributed by atoms with Crippen LogP contribution in [0.25, 0.3) is 11.0 Å². The van der Waals surface area contributed by atoms with Crippen LogP contribution in [0.3, 0.4) is 0 Å². The van der Waals surface area contributed by atoms with Crippen molar-refractivity contribution in [1.29, 1.82) is 0 Å². The molecule has 118 valence electrons. The molecule has 0 amide bonds. The third-order valence-corrected chi connectivity index (χ3v) is 4.94. The van der Waals surface area contributed by atoms with Crippen LogP contribution in [0.5, 0.6) is 0 Å². The molecule has 0 bridgehead atoms. The molecule has 1 spiro atoms. The first-order chi connectivity index (χ1) is 10.7. The van der Waals surface area contributed by atoms with Crippen molar-refractivity contribution in [2.75, 3.05) is 24.6 Å². The Kier molecular flexibility index (Phi) is 3.28. The molecular weight excluding hydrogens is 284 g/mol. The number of aliphatic hydroxyl groups excluding tert-OH is 2. The Labute approximate surface area is 127 Å².